The summed E-state index contributed by atoms with van der Waals surface area (Å²) < 4.78 is 16.0. The molecule has 0 aliphatic carbocycles. The van der Waals surface area contributed by atoms with Crippen molar-refractivity contribution in [3.05, 3.63) is 0 Å². The van der Waals surface area contributed by atoms with Crippen LogP contribution in [-0.2, 0) is 19.0 Å². The molecule has 5 heteroatoms. The first-order chi connectivity index (χ1) is 9.46. The van der Waals surface area contributed by atoms with Crippen LogP contribution in [0.25, 0.3) is 0 Å². The van der Waals surface area contributed by atoms with Crippen LogP contribution in [0, 0.1) is 0 Å². The molecule has 1 unspecified atom stereocenters. The highest BCUT2D eigenvalue weighted by Crippen LogP contribution is 2.12. The van der Waals surface area contributed by atoms with Crippen molar-refractivity contribution in [3.63, 3.8) is 0 Å². The Morgan fingerprint density at radius 3 is 2.50 bits per heavy atom. The first kappa shape index (κ1) is 19.4. The first-order valence-corrected chi connectivity index (χ1v) is 7.49. The zero-order chi connectivity index (χ0) is 15.4. The topological polar surface area (TPSA) is 56.8 Å². The van der Waals surface area contributed by atoms with Crippen LogP contribution in [0.4, 0.5) is 0 Å². The van der Waals surface area contributed by atoms with E-state index in [-0.39, 0.29) is 17.6 Å². The molecule has 0 bridgehead atoms. The summed E-state index contributed by atoms with van der Waals surface area (Å²) in [7, 11) is 1.70. The Hall–Kier alpha value is -0.650. The fraction of sp³-hybridized carbons (Fsp3) is 0.933. The largest absolute Gasteiger partial charge is 0.465 e. The molecule has 0 aliphatic heterocycles. The molecule has 0 aromatic rings. The summed E-state index contributed by atoms with van der Waals surface area (Å²) in [6, 6.07) is -0.273. The predicted octanol–water partition coefficient (Wildman–Crippen LogP) is 2.14. The lowest BCUT2D eigenvalue weighted by Crippen LogP contribution is -2.39. The third-order valence-corrected chi connectivity index (χ3v) is 3.16. The first-order valence-electron chi connectivity index (χ1n) is 7.49. The number of esters is 1. The van der Waals surface area contributed by atoms with Crippen LogP contribution >= 0.6 is 0 Å². The standard InChI is InChI=1S/C15H31NO4/c1-6-10-16-13(14(17)20-7-2)8-11-19-12-9-15(3,4)18-5/h13,16H,6-12H2,1-5H3. The lowest BCUT2D eigenvalue weighted by Gasteiger charge is -2.23. The molecule has 0 rings (SSSR count). The molecule has 0 saturated heterocycles. The fourth-order valence-corrected chi connectivity index (χ4v) is 1.59. The van der Waals surface area contributed by atoms with Crippen molar-refractivity contribution < 1.29 is 19.0 Å². The summed E-state index contributed by atoms with van der Waals surface area (Å²) in [6.07, 6.45) is 2.45. The van der Waals surface area contributed by atoms with Crippen LogP contribution < -0.4 is 5.32 Å². The quantitative estimate of drug-likeness (QED) is 0.440. The molecule has 0 heterocycles. The van der Waals surface area contributed by atoms with Gasteiger partial charge in [-0.25, -0.2) is 0 Å². The molecular weight excluding hydrogens is 258 g/mol. The number of carbonyl (C=O) groups excluding carboxylic acids is 1. The van der Waals surface area contributed by atoms with E-state index in [0.717, 1.165) is 19.4 Å². The molecule has 0 aromatic heterocycles. The van der Waals surface area contributed by atoms with Gasteiger partial charge in [-0.2, -0.15) is 0 Å². The highest BCUT2D eigenvalue weighted by Gasteiger charge is 2.19. The summed E-state index contributed by atoms with van der Waals surface area (Å²) in [5.74, 6) is -0.193. The third kappa shape index (κ3) is 9.28. The average molecular weight is 289 g/mol. The van der Waals surface area contributed by atoms with Gasteiger partial charge in [0.2, 0.25) is 0 Å². The van der Waals surface area contributed by atoms with E-state index in [1.54, 1.807) is 7.11 Å². The number of hydrogen-bond acceptors (Lipinski definition) is 5. The number of carbonyl (C=O) groups is 1. The van der Waals surface area contributed by atoms with Gasteiger partial charge in [0, 0.05) is 20.3 Å². The van der Waals surface area contributed by atoms with Gasteiger partial charge in [0.15, 0.2) is 0 Å². The molecule has 1 atom stereocenters. The molecule has 5 nitrogen and oxygen atoms in total. The lowest BCUT2D eigenvalue weighted by atomic mass is 10.1. The van der Waals surface area contributed by atoms with Crippen molar-refractivity contribution in [1.82, 2.24) is 5.32 Å². The molecule has 1 N–H and O–H groups in total. The van der Waals surface area contributed by atoms with Crippen molar-refractivity contribution in [2.45, 2.75) is 58.6 Å². The van der Waals surface area contributed by atoms with Crippen LogP contribution in [0.1, 0.15) is 47.0 Å². The van der Waals surface area contributed by atoms with E-state index in [0.29, 0.717) is 26.2 Å². The minimum Gasteiger partial charge on any atom is -0.465 e. The van der Waals surface area contributed by atoms with E-state index >= 15 is 0 Å². The summed E-state index contributed by atoms with van der Waals surface area (Å²) in [5.41, 5.74) is -0.166. The molecule has 0 aliphatic rings. The van der Waals surface area contributed by atoms with E-state index in [1.807, 2.05) is 20.8 Å². The van der Waals surface area contributed by atoms with Gasteiger partial charge in [-0.3, -0.25) is 4.79 Å². The van der Waals surface area contributed by atoms with Gasteiger partial charge in [0.05, 0.1) is 12.2 Å². The van der Waals surface area contributed by atoms with Crippen molar-refractivity contribution in [2.75, 3.05) is 33.5 Å². The van der Waals surface area contributed by atoms with Crippen LogP contribution in [0.15, 0.2) is 0 Å². The predicted molar refractivity (Wildman–Crippen MR) is 79.9 cm³/mol. The Labute approximate surface area is 123 Å². The van der Waals surface area contributed by atoms with Crippen LogP contribution in [-0.4, -0.2) is 51.1 Å². The molecule has 20 heavy (non-hydrogen) atoms. The minimum absolute atomic E-state index is 0.166. The summed E-state index contributed by atoms with van der Waals surface area (Å²) in [6.45, 7) is 10.3. The molecule has 0 spiro atoms. The van der Waals surface area contributed by atoms with Gasteiger partial charge in [-0.05, 0) is 46.6 Å². The fourth-order valence-electron chi connectivity index (χ4n) is 1.59. The van der Waals surface area contributed by atoms with Crippen LogP contribution in [0.2, 0.25) is 0 Å². The molecular formula is C15H31NO4. The second kappa shape index (κ2) is 11.1. The highest BCUT2D eigenvalue weighted by molar-refractivity contribution is 5.75. The molecule has 0 radical (unpaired) electrons. The van der Waals surface area contributed by atoms with Crippen molar-refractivity contribution >= 4 is 5.97 Å². The summed E-state index contributed by atoms with van der Waals surface area (Å²) in [5, 5.41) is 3.19. The number of rotatable bonds is 12. The normalized spacial score (nSPS) is 13.2. The Kier molecular flexibility index (Phi) is 10.7. The average Bonchev–Trinajstić information content (AvgIpc) is 2.42. The van der Waals surface area contributed by atoms with E-state index in [2.05, 4.69) is 12.2 Å². The maximum Gasteiger partial charge on any atom is 0.323 e. The Morgan fingerprint density at radius 2 is 1.95 bits per heavy atom. The van der Waals surface area contributed by atoms with Gasteiger partial charge < -0.3 is 19.5 Å². The zero-order valence-electron chi connectivity index (χ0n) is 13.7. The Morgan fingerprint density at radius 1 is 1.25 bits per heavy atom. The van der Waals surface area contributed by atoms with E-state index < -0.39 is 0 Å². The summed E-state index contributed by atoms with van der Waals surface area (Å²) >= 11 is 0. The molecule has 0 saturated carbocycles. The second-order valence-electron chi connectivity index (χ2n) is 5.37. The lowest BCUT2D eigenvalue weighted by molar-refractivity contribution is -0.146. The smallest absolute Gasteiger partial charge is 0.323 e. The zero-order valence-corrected chi connectivity index (χ0v) is 13.7. The number of hydrogen-bond donors (Lipinski definition) is 1. The monoisotopic (exact) mass is 289 g/mol. The molecule has 120 valence electrons. The maximum absolute atomic E-state index is 11.8. The maximum atomic E-state index is 11.8. The SMILES string of the molecule is CCCNC(CCOCCC(C)(C)OC)C(=O)OCC. The highest BCUT2D eigenvalue weighted by atomic mass is 16.5. The van der Waals surface area contributed by atoms with E-state index in [4.69, 9.17) is 14.2 Å². The van der Waals surface area contributed by atoms with Crippen molar-refractivity contribution in [2.24, 2.45) is 0 Å². The summed E-state index contributed by atoms with van der Waals surface area (Å²) in [4.78, 5) is 11.8. The number of nitrogens with one attached hydrogen (secondary N) is 1. The van der Waals surface area contributed by atoms with E-state index in [9.17, 15) is 4.79 Å². The number of ether oxygens (including phenoxy) is 3. The Balaban J connectivity index is 3.92. The van der Waals surface area contributed by atoms with E-state index in [1.165, 1.54) is 0 Å². The third-order valence-electron chi connectivity index (χ3n) is 3.16. The van der Waals surface area contributed by atoms with Gasteiger partial charge in [-0.15, -0.1) is 0 Å². The number of methoxy groups -OCH3 is 1. The second-order valence-corrected chi connectivity index (χ2v) is 5.37. The van der Waals surface area contributed by atoms with Crippen molar-refractivity contribution in [3.8, 4) is 0 Å². The van der Waals surface area contributed by atoms with Gasteiger partial charge in [-0.1, -0.05) is 6.92 Å². The van der Waals surface area contributed by atoms with Crippen LogP contribution in [0.3, 0.4) is 0 Å². The molecule has 0 aromatic carbocycles. The van der Waals surface area contributed by atoms with Gasteiger partial charge in [0.1, 0.15) is 6.04 Å². The Bertz CT molecular complexity index is 256. The van der Waals surface area contributed by atoms with Gasteiger partial charge >= 0.3 is 5.97 Å². The van der Waals surface area contributed by atoms with Crippen molar-refractivity contribution in [1.29, 1.82) is 0 Å². The van der Waals surface area contributed by atoms with Gasteiger partial charge in [0.25, 0.3) is 0 Å². The minimum atomic E-state index is -0.273. The molecule has 0 fully saturated rings. The van der Waals surface area contributed by atoms with Crippen LogP contribution in [0.5, 0.6) is 0 Å². The molecule has 0 amide bonds.